The number of benzene rings is 1. The topological polar surface area (TPSA) is 35.5 Å². The summed E-state index contributed by atoms with van der Waals surface area (Å²) >= 11 is 16.7. The summed E-state index contributed by atoms with van der Waals surface area (Å²) in [5, 5.41) is 0.812. The number of alkyl halides is 1. The minimum atomic E-state index is -0.855. The minimum Gasteiger partial charge on any atom is -0.460 e. The van der Waals surface area contributed by atoms with Crippen molar-refractivity contribution in [2.24, 2.45) is 0 Å². The van der Waals surface area contributed by atoms with Gasteiger partial charge in [0.15, 0.2) is 5.05 Å². The van der Waals surface area contributed by atoms with Crippen LogP contribution < -0.4 is 0 Å². The van der Waals surface area contributed by atoms with Crippen molar-refractivity contribution in [3.05, 3.63) is 47.0 Å². The van der Waals surface area contributed by atoms with Gasteiger partial charge in [0.1, 0.15) is 6.61 Å². The third-order valence-corrected chi connectivity index (χ3v) is 2.81. The fraction of sp³-hybridized carbons (Fsp3) is 0.231. The van der Waals surface area contributed by atoms with Gasteiger partial charge in [0.05, 0.1) is 0 Å². The summed E-state index contributed by atoms with van der Waals surface area (Å²) in [6.45, 7) is 4.89. The van der Waals surface area contributed by atoms with E-state index in [1.807, 2.05) is 0 Å². The average Bonchev–Trinajstić information content (AvgIpc) is 2.36. The fourth-order valence-corrected chi connectivity index (χ4v) is 1.65. The molecule has 102 valence electrons. The second-order valence-electron chi connectivity index (χ2n) is 3.70. The molecule has 0 aliphatic heterocycles. The van der Waals surface area contributed by atoms with Crippen LogP contribution in [0, 0.1) is 0 Å². The monoisotopic (exact) mass is 318 g/mol. The molecule has 0 fully saturated rings. The number of carbonyl (C=O) groups excluding carboxylic acids is 1. The highest BCUT2D eigenvalue weighted by molar-refractivity contribution is 7.80. The molecule has 3 nitrogen and oxygen atoms in total. The number of esters is 1. The van der Waals surface area contributed by atoms with Gasteiger partial charge in [-0.1, -0.05) is 29.8 Å². The van der Waals surface area contributed by atoms with Crippen molar-refractivity contribution in [1.29, 1.82) is 0 Å². The first-order valence-corrected chi connectivity index (χ1v) is 6.55. The van der Waals surface area contributed by atoms with E-state index < -0.39 is 11.5 Å². The zero-order chi connectivity index (χ0) is 14.4. The summed E-state index contributed by atoms with van der Waals surface area (Å²) in [6, 6.07) is 6.82. The predicted octanol–water partition coefficient (Wildman–Crippen LogP) is 3.72. The Labute approximate surface area is 127 Å². The van der Waals surface area contributed by atoms with Crippen molar-refractivity contribution in [1.82, 2.24) is 0 Å². The molecule has 0 amide bonds. The first kappa shape index (κ1) is 16.0. The molecule has 1 atom stereocenters. The molecule has 0 saturated carbocycles. The Kier molecular flexibility index (Phi) is 6.28. The normalized spacial score (nSPS) is 11.5. The average molecular weight is 319 g/mol. The van der Waals surface area contributed by atoms with Gasteiger partial charge in [-0.25, -0.2) is 4.79 Å². The molecule has 1 rings (SSSR count). The van der Waals surface area contributed by atoms with Crippen molar-refractivity contribution >= 4 is 46.4 Å². The molecule has 19 heavy (non-hydrogen) atoms. The van der Waals surface area contributed by atoms with Gasteiger partial charge in [-0.2, -0.15) is 0 Å². The maximum atomic E-state index is 11.2. The van der Waals surface area contributed by atoms with Gasteiger partial charge in [0.2, 0.25) is 5.56 Å². The Morgan fingerprint density at radius 3 is 2.53 bits per heavy atom. The predicted molar refractivity (Wildman–Crippen MR) is 79.7 cm³/mol. The van der Waals surface area contributed by atoms with E-state index in [4.69, 9.17) is 44.9 Å². The molecule has 1 aromatic carbocycles. The molecule has 0 aromatic heterocycles. The van der Waals surface area contributed by atoms with Crippen LogP contribution in [0.25, 0.3) is 0 Å². The Hall–Kier alpha value is -1.10. The molecule has 0 N–H and O–H groups in total. The summed E-state index contributed by atoms with van der Waals surface area (Å²) in [5.74, 6) is -0.522. The van der Waals surface area contributed by atoms with Crippen LogP contribution in [-0.4, -0.2) is 23.2 Å². The zero-order valence-electron chi connectivity index (χ0n) is 10.2. The molecule has 0 saturated heterocycles. The van der Waals surface area contributed by atoms with Gasteiger partial charge in [-0.05, 0) is 43.4 Å². The number of thiocarbonyl (C=S) groups is 1. The molecule has 0 bridgehead atoms. The summed E-state index contributed by atoms with van der Waals surface area (Å²) in [5.41, 5.74) is 0.118. The van der Waals surface area contributed by atoms with Crippen molar-refractivity contribution in [3.63, 3.8) is 0 Å². The lowest BCUT2D eigenvalue weighted by Gasteiger charge is -2.13. The standard InChI is InChI=1S/C13H12Cl2O3S/c1-8(2)12(16)17-7-11(15)18-13(19)9-3-5-10(14)6-4-9/h3-6,11H,1,7H2,2H3. The van der Waals surface area contributed by atoms with Gasteiger partial charge in [0.25, 0.3) is 0 Å². The van der Waals surface area contributed by atoms with E-state index in [2.05, 4.69) is 6.58 Å². The summed E-state index contributed by atoms with van der Waals surface area (Å²) < 4.78 is 10.1. The van der Waals surface area contributed by atoms with E-state index in [0.717, 1.165) is 0 Å². The molecule has 0 aliphatic rings. The van der Waals surface area contributed by atoms with Crippen molar-refractivity contribution in [2.75, 3.05) is 6.61 Å². The largest absolute Gasteiger partial charge is 0.460 e. The number of hydrogen-bond acceptors (Lipinski definition) is 4. The van der Waals surface area contributed by atoms with Crippen molar-refractivity contribution < 1.29 is 14.3 Å². The molecule has 0 radical (unpaired) electrons. The molecule has 0 aliphatic carbocycles. The number of ether oxygens (including phenoxy) is 2. The van der Waals surface area contributed by atoms with Crippen LogP contribution in [0.3, 0.4) is 0 Å². The highest BCUT2D eigenvalue weighted by Crippen LogP contribution is 2.13. The third-order valence-electron chi connectivity index (χ3n) is 2.01. The molecule has 0 spiro atoms. The first-order valence-electron chi connectivity index (χ1n) is 5.33. The highest BCUT2D eigenvalue weighted by atomic mass is 35.5. The van der Waals surface area contributed by atoms with E-state index in [1.54, 1.807) is 31.2 Å². The maximum absolute atomic E-state index is 11.2. The molecular weight excluding hydrogens is 307 g/mol. The lowest BCUT2D eigenvalue weighted by Crippen LogP contribution is -2.20. The van der Waals surface area contributed by atoms with Gasteiger partial charge >= 0.3 is 5.97 Å². The van der Waals surface area contributed by atoms with Crippen LogP contribution in [0.2, 0.25) is 5.02 Å². The molecule has 0 heterocycles. The summed E-state index contributed by atoms with van der Waals surface area (Å²) in [4.78, 5) is 11.2. The van der Waals surface area contributed by atoms with Crippen LogP contribution in [-0.2, 0) is 14.3 Å². The maximum Gasteiger partial charge on any atom is 0.333 e. The van der Waals surface area contributed by atoms with Crippen LogP contribution in [0.15, 0.2) is 36.4 Å². The SMILES string of the molecule is C=C(C)C(=O)OCC(Cl)OC(=S)c1ccc(Cl)cc1. The number of rotatable bonds is 5. The minimum absolute atomic E-state index is 0.110. The van der Waals surface area contributed by atoms with Crippen LogP contribution in [0.5, 0.6) is 0 Å². The van der Waals surface area contributed by atoms with E-state index in [-0.39, 0.29) is 11.7 Å². The van der Waals surface area contributed by atoms with Gasteiger partial charge in [-0.15, -0.1) is 0 Å². The fourth-order valence-electron chi connectivity index (χ4n) is 1.07. The van der Waals surface area contributed by atoms with Gasteiger partial charge in [0, 0.05) is 16.2 Å². The molecular formula is C13H12Cl2O3S. The summed E-state index contributed by atoms with van der Waals surface area (Å²) in [7, 11) is 0. The third kappa shape index (κ3) is 5.59. The lowest BCUT2D eigenvalue weighted by molar-refractivity contribution is -0.140. The van der Waals surface area contributed by atoms with E-state index in [9.17, 15) is 4.79 Å². The van der Waals surface area contributed by atoms with Crippen molar-refractivity contribution in [2.45, 2.75) is 12.5 Å². The van der Waals surface area contributed by atoms with Crippen LogP contribution in [0.1, 0.15) is 12.5 Å². The molecule has 1 unspecified atom stereocenters. The number of halogens is 2. The Morgan fingerprint density at radius 2 is 2.00 bits per heavy atom. The van der Waals surface area contributed by atoms with Crippen LogP contribution in [0.4, 0.5) is 0 Å². The second kappa shape index (κ2) is 7.48. The summed E-state index contributed by atoms with van der Waals surface area (Å²) in [6.07, 6.45) is 0. The van der Waals surface area contributed by atoms with Crippen molar-refractivity contribution in [3.8, 4) is 0 Å². The Bertz CT molecular complexity index is 485. The second-order valence-corrected chi connectivity index (χ2v) is 5.00. The van der Waals surface area contributed by atoms with Gasteiger partial charge in [-0.3, -0.25) is 0 Å². The van der Waals surface area contributed by atoms with E-state index >= 15 is 0 Å². The number of carbonyl (C=O) groups is 1. The smallest absolute Gasteiger partial charge is 0.333 e. The zero-order valence-corrected chi connectivity index (χ0v) is 12.5. The quantitative estimate of drug-likeness (QED) is 0.359. The first-order chi connectivity index (χ1) is 8.90. The van der Waals surface area contributed by atoms with E-state index in [0.29, 0.717) is 16.2 Å². The Balaban J connectivity index is 2.46. The molecule has 6 heteroatoms. The highest BCUT2D eigenvalue weighted by Gasteiger charge is 2.13. The molecule has 1 aromatic rings. The van der Waals surface area contributed by atoms with Crippen LogP contribution >= 0.6 is 35.4 Å². The van der Waals surface area contributed by atoms with Gasteiger partial charge < -0.3 is 9.47 Å². The van der Waals surface area contributed by atoms with E-state index in [1.165, 1.54) is 0 Å². The Morgan fingerprint density at radius 1 is 1.42 bits per heavy atom. The lowest BCUT2D eigenvalue weighted by atomic mass is 10.2. The number of hydrogen-bond donors (Lipinski definition) is 0.